The minimum atomic E-state index is -0.313. The van der Waals surface area contributed by atoms with Gasteiger partial charge in [0.25, 0.3) is 0 Å². The quantitative estimate of drug-likeness (QED) is 0.311. The summed E-state index contributed by atoms with van der Waals surface area (Å²) in [6.07, 6.45) is 0. The molecule has 150 valence electrons. The van der Waals surface area contributed by atoms with Crippen LogP contribution in [0.4, 0.5) is 5.69 Å². The van der Waals surface area contributed by atoms with Crippen LogP contribution in [-0.2, 0) is 5.41 Å². The number of carbonyl (C=O) groups excluding carboxylic acids is 1. The highest BCUT2D eigenvalue weighted by Crippen LogP contribution is 2.33. The number of benzene rings is 3. The molecule has 3 aromatic carbocycles. The fourth-order valence-electron chi connectivity index (χ4n) is 3.01. The van der Waals surface area contributed by atoms with Crippen LogP contribution in [0.15, 0.2) is 82.2 Å². The molecule has 0 heterocycles. The van der Waals surface area contributed by atoms with E-state index in [-0.39, 0.29) is 21.9 Å². The van der Waals surface area contributed by atoms with E-state index in [2.05, 4.69) is 71.1 Å². The van der Waals surface area contributed by atoms with Crippen LogP contribution < -0.4 is 4.72 Å². The van der Waals surface area contributed by atoms with Gasteiger partial charge in [-0.3, -0.25) is 4.79 Å². The molecule has 1 atom stereocenters. The van der Waals surface area contributed by atoms with Crippen molar-refractivity contribution in [3.8, 4) is 0 Å². The van der Waals surface area contributed by atoms with E-state index in [1.54, 1.807) is 0 Å². The van der Waals surface area contributed by atoms with Gasteiger partial charge in [-0.25, -0.2) is 0 Å². The summed E-state index contributed by atoms with van der Waals surface area (Å²) in [5.41, 5.74) is 3.62. The number of nitrogens with one attached hydrogen (secondary N) is 1. The van der Waals surface area contributed by atoms with E-state index < -0.39 is 0 Å². The zero-order chi connectivity index (χ0) is 21.0. The first-order valence-corrected chi connectivity index (χ1v) is 11.7. The molecule has 0 aliphatic heterocycles. The monoisotopic (exact) mass is 467 g/mol. The normalized spacial score (nSPS) is 12.6. The van der Waals surface area contributed by atoms with Gasteiger partial charge in [0, 0.05) is 20.5 Å². The molecule has 29 heavy (non-hydrogen) atoms. The molecule has 0 fully saturated rings. The zero-order valence-corrected chi connectivity index (χ0v) is 19.6. The lowest BCUT2D eigenvalue weighted by Crippen LogP contribution is -2.10. The lowest BCUT2D eigenvalue weighted by atomic mass is 9.87. The second-order valence-corrected chi connectivity index (χ2v) is 10.6. The molecule has 0 bridgehead atoms. The molecule has 0 amide bonds. The highest BCUT2D eigenvalue weighted by atomic mass is 79.9. The second-order valence-electron chi connectivity index (χ2n) is 7.83. The third kappa shape index (κ3) is 5.26. The molecule has 0 spiro atoms. The smallest absolute Gasteiger partial charge is 0.195 e. The van der Waals surface area contributed by atoms with Gasteiger partial charge in [-0.1, -0.05) is 89.8 Å². The van der Waals surface area contributed by atoms with Gasteiger partial charge in [0.2, 0.25) is 0 Å². The molecule has 3 aromatic rings. The summed E-state index contributed by atoms with van der Waals surface area (Å²) in [5.74, 6) is 0.0112. The highest BCUT2D eigenvalue weighted by Gasteiger charge is 2.16. The summed E-state index contributed by atoms with van der Waals surface area (Å²) >= 11 is 3.51. The summed E-state index contributed by atoms with van der Waals surface area (Å²) in [6.45, 7) is 8.70. The van der Waals surface area contributed by atoms with Crippen molar-refractivity contribution in [3.63, 3.8) is 0 Å². The average Bonchev–Trinajstić information content (AvgIpc) is 2.72. The van der Waals surface area contributed by atoms with Crippen molar-refractivity contribution in [1.82, 2.24) is 0 Å². The average molecular weight is 468 g/mol. The molecule has 1 unspecified atom stereocenters. The number of hydrogen-bond donors (Lipinski definition) is 1. The Kier molecular flexibility index (Phi) is 6.76. The molecule has 0 saturated carbocycles. The topological polar surface area (TPSA) is 29.1 Å². The van der Waals surface area contributed by atoms with Crippen molar-refractivity contribution in [2.45, 2.75) is 38.0 Å². The Bertz CT molecular complexity index is 1030. The number of halogens is 1. The largest absolute Gasteiger partial charge is 0.331 e. The predicted molar refractivity (Wildman–Crippen MR) is 130 cm³/mol. The maximum atomic E-state index is 13.1. The van der Waals surface area contributed by atoms with Gasteiger partial charge >= 0.3 is 0 Å². The molecule has 0 radical (unpaired) electrons. The van der Waals surface area contributed by atoms with Crippen molar-refractivity contribution >= 4 is 43.4 Å². The van der Waals surface area contributed by atoms with E-state index in [0.29, 0.717) is 11.1 Å². The number of carbonyl (C=O) groups is 1. The number of ketones is 1. The fourth-order valence-corrected chi connectivity index (χ4v) is 4.73. The molecular weight excluding hydrogens is 442 g/mol. The summed E-state index contributed by atoms with van der Waals surface area (Å²) < 4.78 is 4.47. The Morgan fingerprint density at radius 3 is 2.21 bits per heavy atom. The van der Waals surface area contributed by atoms with E-state index >= 15 is 0 Å². The Labute approximate surface area is 184 Å². The first-order valence-electron chi connectivity index (χ1n) is 9.58. The lowest BCUT2D eigenvalue weighted by Gasteiger charge is -2.20. The predicted octanol–water partition coefficient (Wildman–Crippen LogP) is 7.45. The van der Waals surface area contributed by atoms with Crippen LogP contribution >= 0.6 is 26.6 Å². The van der Waals surface area contributed by atoms with Crippen LogP contribution in [0.25, 0.3) is 0 Å². The number of hydrogen-bond acceptors (Lipinski definition) is 2. The van der Waals surface area contributed by atoms with Crippen LogP contribution in [0.3, 0.4) is 0 Å². The van der Waals surface area contributed by atoms with Crippen molar-refractivity contribution in [2.75, 3.05) is 4.72 Å². The minimum absolute atomic E-state index is 0.0112. The molecule has 0 aliphatic carbocycles. The Morgan fingerprint density at radius 1 is 0.966 bits per heavy atom. The third-order valence-corrected chi connectivity index (χ3v) is 6.88. The summed E-state index contributed by atoms with van der Waals surface area (Å²) in [5, 5.41) is 2.14. The van der Waals surface area contributed by atoms with E-state index in [4.69, 9.17) is 0 Å². The van der Waals surface area contributed by atoms with Crippen LogP contribution in [-0.4, -0.2) is 11.2 Å². The van der Waals surface area contributed by atoms with Gasteiger partial charge in [-0.2, -0.15) is 0 Å². The van der Waals surface area contributed by atoms with Crippen molar-refractivity contribution in [1.29, 1.82) is 0 Å². The summed E-state index contributed by atoms with van der Waals surface area (Å²) in [4.78, 5) is 14.3. The van der Waals surface area contributed by atoms with Crippen LogP contribution in [0.2, 0.25) is 0 Å². The van der Waals surface area contributed by atoms with Crippen molar-refractivity contribution in [2.24, 2.45) is 0 Å². The number of rotatable bonds is 5. The first kappa shape index (κ1) is 21.5. The fraction of sp³-hybridized carbons (Fsp3) is 0.200. The Morgan fingerprint density at radius 2 is 1.62 bits per heavy atom. The Hall–Kier alpha value is -2.17. The summed E-state index contributed by atoms with van der Waals surface area (Å²) in [7, 11) is -0.313. The molecule has 4 heteroatoms. The molecule has 0 aromatic heterocycles. The molecular formula is C25H26BrNOS. The zero-order valence-electron chi connectivity index (χ0n) is 17.2. The van der Waals surface area contributed by atoms with Crippen LogP contribution in [0.1, 0.15) is 49.2 Å². The SMILES string of the molecule is C/C=S(/Nc1ccc(Br)cc1C(=O)c1ccccc1)c1ccc(C(C)(C)C)cc1. The first-order chi connectivity index (χ1) is 13.8. The number of anilines is 1. The lowest BCUT2D eigenvalue weighted by molar-refractivity contribution is 0.103. The van der Waals surface area contributed by atoms with E-state index in [9.17, 15) is 4.79 Å². The minimum Gasteiger partial charge on any atom is -0.331 e. The van der Waals surface area contributed by atoms with Crippen LogP contribution in [0, 0.1) is 0 Å². The molecule has 1 N–H and O–H groups in total. The summed E-state index contributed by atoms with van der Waals surface area (Å²) in [6, 6.07) is 23.9. The maximum Gasteiger partial charge on any atom is 0.195 e. The highest BCUT2D eigenvalue weighted by molar-refractivity contribution is 9.10. The van der Waals surface area contributed by atoms with Gasteiger partial charge in [0.05, 0.1) is 5.69 Å². The van der Waals surface area contributed by atoms with Gasteiger partial charge < -0.3 is 4.72 Å². The van der Waals surface area contributed by atoms with Gasteiger partial charge in [0.1, 0.15) is 0 Å². The van der Waals surface area contributed by atoms with Crippen molar-refractivity contribution in [3.05, 3.63) is 94.0 Å². The van der Waals surface area contributed by atoms with Crippen LogP contribution in [0.5, 0.6) is 0 Å². The van der Waals surface area contributed by atoms with Gasteiger partial charge in [-0.05, 0) is 53.6 Å². The maximum absolute atomic E-state index is 13.1. The molecule has 2 nitrogen and oxygen atoms in total. The third-order valence-electron chi connectivity index (χ3n) is 4.69. The van der Waals surface area contributed by atoms with Gasteiger partial charge in [0.15, 0.2) is 5.78 Å². The van der Waals surface area contributed by atoms with Crippen molar-refractivity contribution < 1.29 is 4.79 Å². The second kappa shape index (κ2) is 9.10. The van der Waals surface area contributed by atoms with E-state index in [0.717, 1.165) is 10.2 Å². The standard InChI is InChI=1S/C25H26BrNOS/c1-5-29(21-14-11-19(12-15-21)25(2,3)4)27-23-16-13-20(26)17-22(23)24(28)18-9-7-6-8-10-18/h5-17,27H,1-4H3. The molecule has 0 saturated heterocycles. The van der Waals surface area contributed by atoms with Gasteiger partial charge in [-0.15, -0.1) is 0 Å². The Balaban J connectivity index is 1.94. The molecule has 3 rings (SSSR count). The molecule has 0 aliphatic rings. The van der Waals surface area contributed by atoms with E-state index in [1.807, 2.05) is 55.5 Å². The van der Waals surface area contributed by atoms with E-state index in [1.165, 1.54) is 10.5 Å².